The number of thiophene rings is 1. The summed E-state index contributed by atoms with van der Waals surface area (Å²) in [5.41, 5.74) is 6.84. The van der Waals surface area contributed by atoms with E-state index in [0.717, 1.165) is 11.3 Å². The Kier molecular flexibility index (Phi) is 5.20. The van der Waals surface area contributed by atoms with E-state index in [0.29, 0.717) is 19.8 Å². The standard InChI is InChI=1S/C14H17NO2S/c15-10-14(12-6-9-18-11-12)17-8-7-16-13-4-2-1-3-5-13/h1-6,9,11,14H,7-8,10,15H2. The van der Waals surface area contributed by atoms with E-state index < -0.39 is 0 Å². The number of ether oxygens (including phenoxy) is 2. The minimum absolute atomic E-state index is 0.0318. The third kappa shape index (κ3) is 3.84. The lowest BCUT2D eigenvalue weighted by molar-refractivity contribution is 0.0383. The summed E-state index contributed by atoms with van der Waals surface area (Å²) < 4.78 is 11.3. The van der Waals surface area contributed by atoms with Crippen LogP contribution in [-0.4, -0.2) is 19.8 Å². The second-order valence-corrected chi connectivity index (χ2v) is 4.59. The fourth-order valence-corrected chi connectivity index (χ4v) is 2.33. The Bertz CT molecular complexity index is 430. The van der Waals surface area contributed by atoms with Crippen molar-refractivity contribution in [3.8, 4) is 5.75 Å². The highest BCUT2D eigenvalue weighted by molar-refractivity contribution is 7.07. The summed E-state index contributed by atoms with van der Waals surface area (Å²) in [7, 11) is 0. The molecular formula is C14H17NO2S. The Balaban J connectivity index is 1.71. The summed E-state index contributed by atoms with van der Waals surface area (Å²) in [6, 6.07) is 11.8. The Labute approximate surface area is 111 Å². The van der Waals surface area contributed by atoms with Crippen LogP contribution < -0.4 is 10.5 Å². The Morgan fingerprint density at radius 1 is 1.11 bits per heavy atom. The monoisotopic (exact) mass is 263 g/mol. The van der Waals surface area contributed by atoms with Crippen molar-refractivity contribution in [2.45, 2.75) is 6.10 Å². The number of hydrogen-bond acceptors (Lipinski definition) is 4. The predicted molar refractivity (Wildman–Crippen MR) is 74.0 cm³/mol. The topological polar surface area (TPSA) is 44.5 Å². The quantitative estimate of drug-likeness (QED) is 0.781. The summed E-state index contributed by atoms with van der Waals surface area (Å²) in [5, 5.41) is 4.09. The first-order valence-corrected chi connectivity index (χ1v) is 6.86. The number of benzene rings is 1. The lowest BCUT2D eigenvalue weighted by atomic mass is 10.2. The van der Waals surface area contributed by atoms with Crippen LogP contribution in [0.25, 0.3) is 0 Å². The first-order chi connectivity index (χ1) is 8.90. The van der Waals surface area contributed by atoms with Crippen molar-refractivity contribution >= 4 is 11.3 Å². The Morgan fingerprint density at radius 3 is 2.61 bits per heavy atom. The highest BCUT2D eigenvalue weighted by Crippen LogP contribution is 2.18. The van der Waals surface area contributed by atoms with Crippen molar-refractivity contribution in [1.82, 2.24) is 0 Å². The number of hydrogen-bond donors (Lipinski definition) is 1. The van der Waals surface area contributed by atoms with E-state index in [2.05, 4.69) is 5.38 Å². The molecule has 0 radical (unpaired) electrons. The van der Waals surface area contributed by atoms with Gasteiger partial charge < -0.3 is 15.2 Å². The molecule has 3 nitrogen and oxygen atoms in total. The first-order valence-electron chi connectivity index (χ1n) is 5.92. The van der Waals surface area contributed by atoms with Crippen molar-refractivity contribution < 1.29 is 9.47 Å². The van der Waals surface area contributed by atoms with Crippen molar-refractivity contribution in [3.05, 3.63) is 52.7 Å². The van der Waals surface area contributed by atoms with Gasteiger partial charge in [-0.15, -0.1) is 0 Å². The molecule has 1 heterocycles. The second kappa shape index (κ2) is 7.16. The Morgan fingerprint density at radius 2 is 1.94 bits per heavy atom. The normalized spacial score (nSPS) is 12.3. The molecule has 2 aromatic rings. The SMILES string of the molecule is NCC(OCCOc1ccccc1)c1ccsc1. The third-order valence-corrected chi connectivity index (χ3v) is 3.24. The van der Waals surface area contributed by atoms with Gasteiger partial charge in [-0.1, -0.05) is 18.2 Å². The highest BCUT2D eigenvalue weighted by Gasteiger charge is 2.09. The van der Waals surface area contributed by atoms with Gasteiger partial charge in [0.15, 0.2) is 0 Å². The highest BCUT2D eigenvalue weighted by atomic mass is 32.1. The molecule has 0 saturated carbocycles. The van der Waals surface area contributed by atoms with Gasteiger partial charge in [-0.25, -0.2) is 0 Å². The van der Waals surface area contributed by atoms with E-state index in [1.807, 2.05) is 41.8 Å². The minimum Gasteiger partial charge on any atom is -0.491 e. The van der Waals surface area contributed by atoms with Gasteiger partial charge in [0, 0.05) is 6.54 Å². The van der Waals surface area contributed by atoms with Gasteiger partial charge >= 0.3 is 0 Å². The molecule has 1 atom stereocenters. The fraction of sp³-hybridized carbons (Fsp3) is 0.286. The Hall–Kier alpha value is -1.36. The maximum Gasteiger partial charge on any atom is 0.119 e. The summed E-state index contributed by atoms with van der Waals surface area (Å²) >= 11 is 1.65. The lowest BCUT2D eigenvalue weighted by Crippen LogP contribution is -2.18. The van der Waals surface area contributed by atoms with Gasteiger partial charge in [-0.2, -0.15) is 11.3 Å². The molecule has 0 fully saturated rings. The van der Waals surface area contributed by atoms with Crippen LogP contribution in [0.2, 0.25) is 0 Å². The molecule has 0 bridgehead atoms. The van der Waals surface area contributed by atoms with Crippen molar-refractivity contribution in [1.29, 1.82) is 0 Å². The number of rotatable bonds is 7. The van der Waals surface area contributed by atoms with E-state index in [1.54, 1.807) is 11.3 Å². The zero-order chi connectivity index (χ0) is 12.6. The van der Waals surface area contributed by atoms with Crippen LogP contribution >= 0.6 is 11.3 Å². The van der Waals surface area contributed by atoms with Crippen LogP contribution in [0.4, 0.5) is 0 Å². The smallest absolute Gasteiger partial charge is 0.119 e. The molecule has 96 valence electrons. The molecule has 2 N–H and O–H groups in total. The first kappa shape index (κ1) is 13.1. The van der Waals surface area contributed by atoms with Gasteiger partial charge in [-0.3, -0.25) is 0 Å². The zero-order valence-corrected chi connectivity index (χ0v) is 10.9. The average molecular weight is 263 g/mol. The molecule has 1 aromatic heterocycles. The summed E-state index contributed by atoms with van der Waals surface area (Å²) in [6.07, 6.45) is -0.0318. The van der Waals surface area contributed by atoms with E-state index >= 15 is 0 Å². The van der Waals surface area contributed by atoms with Gasteiger partial charge in [0.05, 0.1) is 12.7 Å². The lowest BCUT2D eigenvalue weighted by Gasteiger charge is -2.15. The van der Waals surface area contributed by atoms with E-state index in [1.165, 1.54) is 0 Å². The van der Waals surface area contributed by atoms with Crippen molar-refractivity contribution in [2.24, 2.45) is 5.73 Å². The van der Waals surface area contributed by atoms with E-state index in [-0.39, 0.29) is 6.10 Å². The van der Waals surface area contributed by atoms with Gasteiger partial charge in [0.25, 0.3) is 0 Å². The molecule has 1 aromatic carbocycles. The average Bonchev–Trinajstić information content (AvgIpc) is 2.94. The van der Waals surface area contributed by atoms with Crippen LogP contribution in [0.15, 0.2) is 47.2 Å². The minimum atomic E-state index is -0.0318. The van der Waals surface area contributed by atoms with E-state index in [9.17, 15) is 0 Å². The predicted octanol–water partition coefficient (Wildman–Crippen LogP) is 2.84. The molecule has 4 heteroatoms. The van der Waals surface area contributed by atoms with Crippen LogP contribution in [-0.2, 0) is 4.74 Å². The molecule has 0 aliphatic heterocycles. The third-order valence-electron chi connectivity index (χ3n) is 2.54. The molecule has 0 amide bonds. The van der Waals surface area contributed by atoms with Crippen molar-refractivity contribution in [3.63, 3.8) is 0 Å². The summed E-state index contributed by atoms with van der Waals surface area (Å²) in [6.45, 7) is 1.55. The maximum absolute atomic E-state index is 5.71. The summed E-state index contributed by atoms with van der Waals surface area (Å²) in [4.78, 5) is 0. The van der Waals surface area contributed by atoms with Crippen LogP contribution in [0.5, 0.6) is 5.75 Å². The second-order valence-electron chi connectivity index (χ2n) is 3.81. The van der Waals surface area contributed by atoms with Crippen molar-refractivity contribution in [2.75, 3.05) is 19.8 Å². The fourth-order valence-electron chi connectivity index (χ4n) is 1.63. The molecule has 0 aliphatic carbocycles. The van der Waals surface area contributed by atoms with Gasteiger partial charge in [0.2, 0.25) is 0 Å². The molecule has 0 aliphatic rings. The number of nitrogens with two attached hydrogens (primary N) is 1. The van der Waals surface area contributed by atoms with E-state index in [4.69, 9.17) is 15.2 Å². The molecule has 0 saturated heterocycles. The van der Waals surface area contributed by atoms with Crippen LogP contribution in [0.1, 0.15) is 11.7 Å². The van der Waals surface area contributed by atoms with Gasteiger partial charge in [0.1, 0.15) is 12.4 Å². The zero-order valence-electron chi connectivity index (χ0n) is 10.1. The molecule has 0 spiro atoms. The molecular weight excluding hydrogens is 246 g/mol. The largest absolute Gasteiger partial charge is 0.491 e. The van der Waals surface area contributed by atoms with Crippen LogP contribution in [0.3, 0.4) is 0 Å². The molecule has 18 heavy (non-hydrogen) atoms. The molecule has 2 rings (SSSR count). The maximum atomic E-state index is 5.71. The van der Waals surface area contributed by atoms with Crippen LogP contribution in [0, 0.1) is 0 Å². The van der Waals surface area contributed by atoms with Gasteiger partial charge in [-0.05, 0) is 34.5 Å². The number of para-hydroxylation sites is 1. The summed E-state index contributed by atoms with van der Waals surface area (Å²) in [5.74, 6) is 0.862. The molecule has 1 unspecified atom stereocenters.